The molecule has 0 saturated heterocycles. The van der Waals surface area contributed by atoms with Gasteiger partial charge in [-0.2, -0.15) is 0 Å². The van der Waals surface area contributed by atoms with Crippen LogP contribution in [0.25, 0.3) is 0 Å². The number of halogens is 1. The Morgan fingerprint density at radius 2 is 1.62 bits per heavy atom. The van der Waals surface area contributed by atoms with Gasteiger partial charge < -0.3 is 10.2 Å². The minimum absolute atomic E-state index is 0.0357. The van der Waals surface area contributed by atoms with Gasteiger partial charge in [0.05, 0.1) is 11.9 Å². The molecule has 1 N–H and O–H groups in total. The molecule has 0 aliphatic heterocycles. The zero-order valence-corrected chi connectivity index (χ0v) is 21.2. The van der Waals surface area contributed by atoms with Crippen LogP contribution in [0.3, 0.4) is 0 Å². The monoisotopic (exact) mass is 523 g/mol. The molecule has 7 nitrogen and oxygen atoms in total. The molecule has 2 atom stereocenters. The molecule has 0 aliphatic rings. The molecule has 0 aromatic heterocycles. The lowest BCUT2D eigenvalue weighted by molar-refractivity contribution is -0.139. The first-order valence-corrected chi connectivity index (χ1v) is 13.0. The number of carbonyl (C=O) groups is 2. The van der Waals surface area contributed by atoms with Crippen molar-refractivity contribution in [2.45, 2.75) is 45.8 Å². The third kappa shape index (κ3) is 7.06. The Hall–Kier alpha value is -2.39. The van der Waals surface area contributed by atoms with Crippen LogP contribution in [0.5, 0.6) is 0 Å². The fourth-order valence-corrected chi connectivity index (χ4v) is 4.55. The molecule has 0 unspecified atom stereocenters. The number of nitrogens with zero attached hydrogens (tertiary/aromatic N) is 2. The third-order valence-corrected chi connectivity index (χ3v) is 6.96. The molecule has 9 heteroatoms. The Morgan fingerprint density at radius 1 is 1.03 bits per heavy atom. The molecule has 0 fully saturated rings. The minimum Gasteiger partial charge on any atom is -0.352 e. The largest absolute Gasteiger partial charge is 0.352 e. The van der Waals surface area contributed by atoms with E-state index < -0.39 is 28.5 Å². The van der Waals surface area contributed by atoms with E-state index in [4.69, 9.17) is 0 Å². The Labute approximate surface area is 199 Å². The van der Waals surface area contributed by atoms with Gasteiger partial charge in [0, 0.05) is 17.1 Å². The zero-order chi connectivity index (χ0) is 23.9. The molecule has 0 aliphatic carbocycles. The maximum atomic E-state index is 13.4. The Kier molecular flexibility index (Phi) is 9.27. The summed E-state index contributed by atoms with van der Waals surface area (Å²) in [5.41, 5.74) is 1.20. The van der Waals surface area contributed by atoms with Crippen molar-refractivity contribution in [3.63, 3.8) is 0 Å². The number of amides is 2. The first-order valence-electron chi connectivity index (χ1n) is 10.4. The summed E-state index contributed by atoms with van der Waals surface area (Å²) < 4.78 is 26.7. The van der Waals surface area contributed by atoms with Crippen LogP contribution in [0.4, 0.5) is 5.69 Å². The highest BCUT2D eigenvalue weighted by molar-refractivity contribution is 9.10. The molecular formula is C23H30BrN3O4S. The van der Waals surface area contributed by atoms with E-state index in [0.29, 0.717) is 10.2 Å². The van der Waals surface area contributed by atoms with Crippen LogP contribution in [0.1, 0.15) is 32.8 Å². The average Bonchev–Trinajstić information content (AvgIpc) is 2.75. The second-order valence-electron chi connectivity index (χ2n) is 7.72. The van der Waals surface area contributed by atoms with Crippen molar-refractivity contribution < 1.29 is 18.0 Å². The van der Waals surface area contributed by atoms with E-state index in [2.05, 4.69) is 21.2 Å². The summed E-state index contributed by atoms with van der Waals surface area (Å²) in [5.74, 6) is -0.753. The van der Waals surface area contributed by atoms with E-state index in [9.17, 15) is 18.0 Å². The Morgan fingerprint density at radius 3 is 2.19 bits per heavy atom. The van der Waals surface area contributed by atoms with E-state index in [1.807, 2.05) is 44.2 Å². The van der Waals surface area contributed by atoms with Gasteiger partial charge in [-0.05, 0) is 53.9 Å². The van der Waals surface area contributed by atoms with Gasteiger partial charge in [0.25, 0.3) is 0 Å². The molecule has 174 valence electrons. The van der Waals surface area contributed by atoms with Crippen molar-refractivity contribution in [3.8, 4) is 0 Å². The Balaban J connectivity index is 2.37. The van der Waals surface area contributed by atoms with Crippen molar-refractivity contribution >= 4 is 43.5 Å². The summed E-state index contributed by atoms with van der Waals surface area (Å²) in [7, 11) is -3.76. The quantitative estimate of drug-likeness (QED) is 0.515. The number of anilines is 1. The maximum absolute atomic E-state index is 13.4. The number of nitrogens with one attached hydrogen (secondary N) is 1. The minimum atomic E-state index is -3.76. The van der Waals surface area contributed by atoms with Gasteiger partial charge in [-0.25, -0.2) is 8.42 Å². The van der Waals surface area contributed by atoms with Crippen LogP contribution in [-0.2, 0) is 26.2 Å². The van der Waals surface area contributed by atoms with Crippen LogP contribution in [0, 0.1) is 0 Å². The normalized spacial score (nSPS) is 13.2. The molecule has 0 spiro atoms. The lowest BCUT2D eigenvalue weighted by Gasteiger charge is -2.32. The molecule has 0 radical (unpaired) electrons. The second kappa shape index (κ2) is 11.5. The number of benzene rings is 2. The van der Waals surface area contributed by atoms with Gasteiger partial charge >= 0.3 is 0 Å². The first kappa shape index (κ1) is 25.9. The number of hydrogen-bond donors (Lipinski definition) is 1. The highest BCUT2D eigenvalue weighted by atomic mass is 79.9. The zero-order valence-electron chi connectivity index (χ0n) is 18.8. The summed E-state index contributed by atoms with van der Waals surface area (Å²) >= 11 is 3.36. The molecule has 0 saturated carbocycles. The van der Waals surface area contributed by atoms with Gasteiger partial charge in [0.2, 0.25) is 21.8 Å². The highest BCUT2D eigenvalue weighted by Crippen LogP contribution is 2.28. The average molecular weight is 524 g/mol. The molecule has 2 aromatic carbocycles. The smallest absolute Gasteiger partial charge is 0.244 e. The number of para-hydroxylation sites is 1. The van der Waals surface area contributed by atoms with Crippen LogP contribution in [-0.4, -0.2) is 50.0 Å². The van der Waals surface area contributed by atoms with E-state index in [0.717, 1.165) is 22.5 Å². The van der Waals surface area contributed by atoms with Crippen molar-refractivity contribution in [2.24, 2.45) is 0 Å². The standard InChI is InChI=1S/C23H30BrN3O4S/c1-5-17(2)25-23(29)18(3)26(15-19-11-7-6-8-12-19)22(28)16-27(32(4,30)31)21-14-10-9-13-20(21)24/h6-14,17-18H,5,15-16H2,1-4H3,(H,25,29)/t17-,18+/m0/s1. The van der Waals surface area contributed by atoms with E-state index in [1.54, 1.807) is 31.2 Å². The second-order valence-corrected chi connectivity index (χ2v) is 10.5. The van der Waals surface area contributed by atoms with Crippen LogP contribution in [0.15, 0.2) is 59.1 Å². The van der Waals surface area contributed by atoms with Crippen molar-refractivity contribution in [1.29, 1.82) is 0 Å². The summed E-state index contributed by atoms with van der Waals surface area (Å²) in [6.07, 6.45) is 1.81. The molecule has 32 heavy (non-hydrogen) atoms. The predicted octanol–water partition coefficient (Wildman–Crippen LogP) is 3.55. The summed E-state index contributed by atoms with van der Waals surface area (Å²) in [5, 5.41) is 2.90. The molecule has 2 amide bonds. The first-order chi connectivity index (χ1) is 15.0. The van der Waals surface area contributed by atoms with Gasteiger partial charge in [-0.1, -0.05) is 49.4 Å². The van der Waals surface area contributed by atoms with Crippen molar-refractivity contribution in [3.05, 3.63) is 64.6 Å². The topological polar surface area (TPSA) is 86.8 Å². The molecule has 0 heterocycles. The predicted molar refractivity (Wildman–Crippen MR) is 131 cm³/mol. The SMILES string of the molecule is CC[C@H](C)NC(=O)[C@@H](C)N(Cc1ccccc1)C(=O)CN(c1ccccc1Br)S(C)(=O)=O. The number of sulfonamides is 1. The van der Waals surface area contributed by atoms with Gasteiger partial charge in [-0.15, -0.1) is 0 Å². The summed E-state index contributed by atoms with van der Waals surface area (Å²) in [4.78, 5) is 27.6. The number of carbonyl (C=O) groups excluding carboxylic acids is 2. The van der Waals surface area contributed by atoms with Gasteiger partial charge in [0.15, 0.2) is 0 Å². The van der Waals surface area contributed by atoms with E-state index in [-0.39, 0.29) is 18.5 Å². The number of hydrogen-bond acceptors (Lipinski definition) is 4. The number of rotatable bonds is 10. The van der Waals surface area contributed by atoms with Crippen LogP contribution in [0.2, 0.25) is 0 Å². The fraction of sp³-hybridized carbons (Fsp3) is 0.391. The molecule has 2 aromatic rings. The van der Waals surface area contributed by atoms with Crippen molar-refractivity contribution in [1.82, 2.24) is 10.2 Å². The van der Waals surface area contributed by atoms with Crippen molar-refractivity contribution in [2.75, 3.05) is 17.1 Å². The summed E-state index contributed by atoms with van der Waals surface area (Å²) in [6, 6.07) is 15.3. The van der Waals surface area contributed by atoms with Gasteiger partial charge in [0.1, 0.15) is 12.6 Å². The molecule has 0 bridgehead atoms. The molecular weight excluding hydrogens is 494 g/mol. The summed E-state index contributed by atoms with van der Waals surface area (Å²) in [6.45, 7) is 5.27. The highest BCUT2D eigenvalue weighted by Gasteiger charge is 2.30. The Bertz CT molecular complexity index is 1030. The van der Waals surface area contributed by atoms with E-state index in [1.165, 1.54) is 4.90 Å². The van der Waals surface area contributed by atoms with Crippen LogP contribution < -0.4 is 9.62 Å². The van der Waals surface area contributed by atoms with Gasteiger partial charge in [-0.3, -0.25) is 13.9 Å². The fourth-order valence-electron chi connectivity index (χ4n) is 3.08. The lowest BCUT2D eigenvalue weighted by Crippen LogP contribution is -2.52. The maximum Gasteiger partial charge on any atom is 0.244 e. The lowest BCUT2D eigenvalue weighted by atomic mass is 10.1. The molecule has 2 rings (SSSR count). The van der Waals surface area contributed by atoms with E-state index >= 15 is 0 Å². The van der Waals surface area contributed by atoms with Crippen LogP contribution >= 0.6 is 15.9 Å². The third-order valence-electron chi connectivity index (χ3n) is 5.16.